The van der Waals surface area contributed by atoms with Gasteiger partial charge in [-0.25, -0.2) is 19.9 Å². The maximum atomic E-state index is 6.50. The van der Waals surface area contributed by atoms with Crippen molar-refractivity contribution < 1.29 is 4.42 Å². The van der Waals surface area contributed by atoms with E-state index in [1.54, 1.807) is 0 Å². The van der Waals surface area contributed by atoms with Gasteiger partial charge in [-0.3, -0.25) is 0 Å². The molecule has 0 atom stereocenters. The number of fused-ring (bicyclic) bond motifs is 6. The summed E-state index contributed by atoms with van der Waals surface area (Å²) in [7, 11) is 0. The van der Waals surface area contributed by atoms with Gasteiger partial charge in [-0.1, -0.05) is 129 Å². The number of rotatable bonds is 4. The summed E-state index contributed by atoms with van der Waals surface area (Å²) in [6.45, 7) is 4.58. The molecule has 6 aromatic carbocycles. The molecule has 2 heterocycles. The van der Waals surface area contributed by atoms with Crippen LogP contribution in [-0.2, 0) is 5.41 Å². The van der Waals surface area contributed by atoms with Gasteiger partial charge < -0.3 is 4.42 Å². The predicted octanol–water partition coefficient (Wildman–Crippen LogP) is 10.1. The van der Waals surface area contributed by atoms with E-state index in [9.17, 15) is 0 Å². The zero-order valence-electron chi connectivity index (χ0n) is 25.4. The molecular weight excluding hydrogens is 564 g/mol. The molecule has 8 aromatic rings. The Hall–Kier alpha value is -5.94. The summed E-state index contributed by atoms with van der Waals surface area (Å²) >= 11 is 0. The summed E-state index contributed by atoms with van der Waals surface area (Å²) in [5, 5.41) is 1.96. The fourth-order valence-corrected chi connectivity index (χ4v) is 7.01. The van der Waals surface area contributed by atoms with Crippen LogP contribution < -0.4 is 0 Å². The second-order valence-electron chi connectivity index (χ2n) is 12.3. The molecule has 1 aliphatic rings. The zero-order chi connectivity index (χ0) is 30.8. The molecule has 0 saturated heterocycles. The first-order valence-electron chi connectivity index (χ1n) is 15.5. The number of nitrogens with zero attached hydrogens (tertiary/aromatic N) is 4. The Labute approximate surface area is 266 Å². The third kappa shape index (κ3) is 4.02. The van der Waals surface area contributed by atoms with E-state index >= 15 is 0 Å². The van der Waals surface area contributed by atoms with Crippen LogP contribution in [-0.4, -0.2) is 19.9 Å². The van der Waals surface area contributed by atoms with Crippen molar-refractivity contribution in [3.8, 4) is 56.7 Å². The van der Waals surface area contributed by atoms with Gasteiger partial charge in [-0.2, -0.15) is 0 Å². The highest BCUT2D eigenvalue weighted by molar-refractivity contribution is 6.10. The van der Waals surface area contributed by atoms with Gasteiger partial charge in [0.1, 0.15) is 5.52 Å². The van der Waals surface area contributed by atoms with E-state index in [-0.39, 0.29) is 5.41 Å². The van der Waals surface area contributed by atoms with Gasteiger partial charge >= 0.3 is 0 Å². The van der Waals surface area contributed by atoms with E-state index in [0.717, 1.165) is 38.5 Å². The number of benzene rings is 6. The molecule has 0 bridgehead atoms. The maximum Gasteiger partial charge on any atom is 0.227 e. The lowest BCUT2D eigenvalue weighted by Gasteiger charge is -2.24. The molecule has 0 unspecified atom stereocenters. The minimum atomic E-state index is -0.221. The Morgan fingerprint density at radius 2 is 1.09 bits per heavy atom. The van der Waals surface area contributed by atoms with Gasteiger partial charge in [0.25, 0.3) is 0 Å². The van der Waals surface area contributed by atoms with Crippen molar-refractivity contribution >= 4 is 21.9 Å². The van der Waals surface area contributed by atoms with Gasteiger partial charge in [0, 0.05) is 33.1 Å². The molecule has 9 rings (SSSR count). The van der Waals surface area contributed by atoms with E-state index in [1.165, 1.54) is 22.3 Å². The fourth-order valence-electron chi connectivity index (χ4n) is 7.01. The lowest BCUT2D eigenvalue weighted by molar-refractivity contribution is 0.623. The summed E-state index contributed by atoms with van der Waals surface area (Å²) < 4.78 is 6.50. The van der Waals surface area contributed by atoms with Gasteiger partial charge in [0.15, 0.2) is 23.1 Å². The molecule has 0 saturated carbocycles. The first-order valence-corrected chi connectivity index (χ1v) is 15.5. The molecule has 46 heavy (non-hydrogen) atoms. The van der Waals surface area contributed by atoms with E-state index in [1.807, 2.05) is 72.8 Å². The van der Waals surface area contributed by atoms with Crippen LogP contribution >= 0.6 is 0 Å². The first kappa shape index (κ1) is 26.5. The van der Waals surface area contributed by atoms with Crippen molar-refractivity contribution in [3.05, 3.63) is 145 Å². The Balaban J connectivity index is 1.31. The largest absolute Gasteiger partial charge is 0.435 e. The second kappa shape index (κ2) is 10.0. The number of hydrogen-bond donors (Lipinski definition) is 0. The maximum absolute atomic E-state index is 6.50. The smallest absolute Gasteiger partial charge is 0.227 e. The average Bonchev–Trinajstić information content (AvgIpc) is 3.66. The van der Waals surface area contributed by atoms with Crippen LogP contribution in [0.1, 0.15) is 25.0 Å². The van der Waals surface area contributed by atoms with Crippen LogP contribution in [0.5, 0.6) is 0 Å². The molecule has 0 aliphatic heterocycles. The standard InChI is InChI=1S/C41H28N4O/c1-41(2)32-22-10-9-18-28(32)29-19-12-21-31(35(29)41)39-44-37(26-13-5-3-6-14-26)43-38(45-39)30-20-11-17-25-23-24-33-36(34(25)30)46-40(42-33)27-15-7-4-8-16-27/h3-24H,1-2H3. The van der Waals surface area contributed by atoms with Crippen molar-refractivity contribution in [1.29, 1.82) is 0 Å². The highest BCUT2D eigenvalue weighted by Crippen LogP contribution is 2.51. The van der Waals surface area contributed by atoms with Crippen molar-refractivity contribution in [2.24, 2.45) is 0 Å². The minimum absolute atomic E-state index is 0.221. The quantitative estimate of drug-likeness (QED) is 0.203. The number of aromatic nitrogens is 4. The highest BCUT2D eigenvalue weighted by atomic mass is 16.3. The van der Waals surface area contributed by atoms with Gasteiger partial charge in [0.05, 0.1) is 0 Å². The summed E-state index contributed by atoms with van der Waals surface area (Å²) in [5.41, 5.74) is 10.1. The summed E-state index contributed by atoms with van der Waals surface area (Å²) in [6, 6.07) is 45.6. The van der Waals surface area contributed by atoms with Crippen LogP contribution in [0.15, 0.2) is 138 Å². The summed E-state index contributed by atoms with van der Waals surface area (Å²) in [5.74, 6) is 2.44. The molecule has 0 amide bonds. The zero-order valence-corrected chi connectivity index (χ0v) is 25.4. The third-order valence-electron chi connectivity index (χ3n) is 9.15. The fraction of sp³-hybridized carbons (Fsp3) is 0.0732. The van der Waals surface area contributed by atoms with Crippen molar-refractivity contribution in [2.45, 2.75) is 19.3 Å². The SMILES string of the molecule is CC1(C)c2ccccc2-c2cccc(-c3nc(-c4ccccc4)nc(-c4cccc5ccc6nc(-c7ccccc7)oc6c45)n3)c21. The number of hydrogen-bond acceptors (Lipinski definition) is 5. The molecule has 1 aliphatic carbocycles. The van der Waals surface area contributed by atoms with E-state index < -0.39 is 0 Å². The molecule has 0 fully saturated rings. The molecule has 2 aromatic heterocycles. The molecule has 0 radical (unpaired) electrons. The van der Waals surface area contributed by atoms with Crippen LogP contribution in [0.25, 0.3) is 78.6 Å². The monoisotopic (exact) mass is 592 g/mol. The molecule has 5 nitrogen and oxygen atoms in total. The van der Waals surface area contributed by atoms with E-state index in [0.29, 0.717) is 28.9 Å². The Morgan fingerprint density at radius 3 is 1.89 bits per heavy atom. The Bertz CT molecular complexity index is 2450. The topological polar surface area (TPSA) is 64.7 Å². The minimum Gasteiger partial charge on any atom is -0.435 e. The molecule has 5 heteroatoms. The lowest BCUT2D eigenvalue weighted by Crippen LogP contribution is -2.17. The second-order valence-corrected chi connectivity index (χ2v) is 12.3. The molecular formula is C41H28N4O. The molecule has 0 spiro atoms. The van der Waals surface area contributed by atoms with Crippen LogP contribution in [0, 0.1) is 0 Å². The molecule has 218 valence electrons. The first-order chi connectivity index (χ1) is 22.6. The predicted molar refractivity (Wildman–Crippen MR) is 184 cm³/mol. The van der Waals surface area contributed by atoms with Crippen LogP contribution in [0.4, 0.5) is 0 Å². The van der Waals surface area contributed by atoms with Crippen LogP contribution in [0.3, 0.4) is 0 Å². The summed E-state index contributed by atoms with van der Waals surface area (Å²) in [6.07, 6.45) is 0. The Kier molecular flexibility index (Phi) is 5.78. The van der Waals surface area contributed by atoms with Crippen LogP contribution in [0.2, 0.25) is 0 Å². The van der Waals surface area contributed by atoms with Gasteiger partial charge in [-0.05, 0) is 45.8 Å². The summed E-state index contributed by atoms with van der Waals surface area (Å²) in [4.78, 5) is 20.3. The van der Waals surface area contributed by atoms with Gasteiger partial charge in [0.2, 0.25) is 5.89 Å². The highest BCUT2D eigenvalue weighted by Gasteiger charge is 2.38. The average molecular weight is 593 g/mol. The normalized spacial score (nSPS) is 13.2. The third-order valence-corrected chi connectivity index (χ3v) is 9.15. The lowest BCUT2D eigenvalue weighted by atomic mass is 9.80. The van der Waals surface area contributed by atoms with E-state index in [4.69, 9.17) is 24.4 Å². The molecule has 0 N–H and O–H groups in total. The Morgan fingerprint density at radius 1 is 0.478 bits per heavy atom. The van der Waals surface area contributed by atoms with Crippen molar-refractivity contribution in [3.63, 3.8) is 0 Å². The van der Waals surface area contributed by atoms with Crippen molar-refractivity contribution in [2.75, 3.05) is 0 Å². The number of oxazole rings is 1. The van der Waals surface area contributed by atoms with E-state index in [2.05, 4.69) is 74.5 Å². The van der Waals surface area contributed by atoms with Crippen molar-refractivity contribution in [1.82, 2.24) is 19.9 Å². The van der Waals surface area contributed by atoms with Gasteiger partial charge in [-0.15, -0.1) is 0 Å².